The summed E-state index contributed by atoms with van der Waals surface area (Å²) in [4.78, 5) is 14.8. The highest BCUT2D eigenvalue weighted by Crippen LogP contribution is 2.38. The number of benzene rings is 1. The number of rotatable bonds is 3. The number of methoxy groups -OCH3 is 2. The number of carbonyl (C=O) groups is 1. The molecule has 0 radical (unpaired) electrons. The van der Waals surface area contributed by atoms with Gasteiger partial charge in [-0.25, -0.2) is 0 Å². The molecule has 120 valence electrons. The molecule has 2 fully saturated rings. The van der Waals surface area contributed by atoms with Crippen LogP contribution in [-0.4, -0.2) is 51.2 Å². The fourth-order valence-electron chi connectivity index (χ4n) is 3.63. The molecule has 2 aliphatic rings. The maximum absolute atomic E-state index is 12.8. The van der Waals surface area contributed by atoms with Crippen LogP contribution in [0.15, 0.2) is 18.2 Å². The van der Waals surface area contributed by atoms with Crippen LogP contribution in [0, 0.1) is 5.41 Å². The van der Waals surface area contributed by atoms with Gasteiger partial charge in [-0.05, 0) is 43.4 Å². The van der Waals surface area contributed by atoms with Crippen LogP contribution in [0.2, 0.25) is 0 Å². The molecular weight excluding hydrogens is 280 g/mol. The maximum Gasteiger partial charge on any atom is 0.257 e. The van der Waals surface area contributed by atoms with E-state index in [1.165, 1.54) is 6.42 Å². The second-order valence-corrected chi connectivity index (χ2v) is 6.26. The number of hydrogen-bond acceptors (Lipinski definition) is 4. The quantitative estimate of drug-likeness (QED) is 0.927. The third-order valence-corrected chi connectivity index (χ3v) is 5.08. The lowest BCUT2D eigenvalue weighted by Gasteiger charge is -2.39. The van der Waals surface area contributed by atoms with Crippen molar-refractivity contribution in [3.05, 3.63) is 23.8 Å². The molecule has 0 aliphatic carbocycles. The Hall–Kier alpha value is -1.75. The Morgan fingerprint density at radius 2 is 1.95 bits per heavy atom. The highest BCUT2D eigenvalue weighted by atomic mass is 16.5. The summed E-state index contributed by atoms with van der Waals surface area (Å²) in [5.41, 5.74) is 0.997. The molecule has 0 aromatic heterocycles. The second kappa shape index (κ2) is 6.16. The lowest BCUT2D eigenvalue weighted by molar-refractivity contribution is 0.0604. The summed E-state index contributed by atoms with van der Waals surface area (Å²) in [7, 11) is 3.16. The maximum atomic E-state index is 12.8. The Labute approximate surface area is 131 Å². The number of nitrogens with one attached hydrogen (secondary N) is 1. The van der Waals surface area contributed by atoms with Gasteiger partial charge in [-0.2, -0.15) is 0 Å². The number of ether oxygens (including phenoxy) is 2. The Kier molecular flexibility index (Phi) is 4.25. The lowest BCUT2D eigenvalue weighted by atomic mass is 9.78. The van der Waals surface area contributed by atoms with Crippen LogP contribution >= 0.6 is 0 Å². The first kappa shape index (κ1) is 15.2. The highest BCUT2D eigenvalue weighted by molar-refractivity contribution is 5.97. The lowest BCUT2D eigenvalue weighted by Crippen LogP contribution is -2.44. The largest absolute Gasteiger partial charge is 0.493 e. The number of piperidine rings is 1. The summed E-state index contributed by atoms with van der Waals surface area (Å²) in [5, 5.41) is 3.45. The molecule has 3 rings (SSSR count). The van der Waals surface area contributed by atoms with Crippen molar-refractivity contribution in [2.24, 2.45) is 5.41 Å². The number of likely N-dealkylation sites (tertiary alicyclic amines) is 1. The molecule has 1 amide bonds. The van der Waals surface area contributed by atoms with Crippen LogP contribution in [0.1, 0.15) is 29.6 Å². The van der Waals surface area contributed by atoms with Gasteiger partial charge in [-0.3, -0.25) is 4.79 Å². The summed E-state index contributed by atoms with van der Waals surface area (Å²) in [5.74, 6) is 1.16. The van der Waals surface area contributed by atoms with Gasteiger partial charge in [-0.1, -0.05) is 6.07 Å². The monoisotopic (exact) mass is 304 g/mol. The van der Waals surface area contributed by atoms with E-state index >= 15 is 0 Å². The average Bonchev–Trinajstić information content (AvgIpc) is 3.02. The van der Waals surface area contributed by atoms with Crippen LogP contribution in [0.3, 0.4) is 0 Å². The molecule has 5 heteroatoms. The first-order valence-corrected chi connectivity index (χ1v) is 7.90. The van der Waals surface area contributed by atoms with Crippen LogP contribution in [0.5, 0.6) is 11.5 Å². The third kappa shape index (κ3) is 2.65. The SMILES string of the molecule is COc1cccc(C(=O)N2CCC3(CCNC3)CC2)c1OC. The van der Waals surface area contributed by atoms with Gasteiger partial charge in [0.05, 0.1) is 19.8 Å². The van der Waals surface area contributed by atoms with Crippen molar-refractivity contribution in [1.82, 2.24) is 10.2 Å². The Bertz CT molecular complexity index is 543. The molecule has 0 atom stereocenters. The van der Waals surface area contributed by atoms with E-state index in [0.29, 0.717) is 22.5 Å². The zero-order valence-corrected chi connectivity index (χ0v) is 13.4. The van der Waals surface area contributed by atoms with E-state index in [2.05, 4.69) is 5.32 Å². The molecule has 1 N–H and O–H groups in total. The second-order valence-electron chi connectivity index (χ2n) is 6.26. The number of para-hydroxylation sites is 1. The smallest absolute Gasteiger partial charge is 0.257 e. The molecule has 1 spiro atoms. The normalized spacial score (nSPS) is 20.2. The van der Waals surface area contributed by atoms with Crippen molar-refractivity contribution in [2.45, 2.75) is 19.3 Å². The Morgan fingerprint density at radius 1 is 1.18 bits per heavy atom. The predicted molar refractivity (Wildman–Crippen MR) is 84.6 cm³/mol. The van der Waals surface area contributed by atoms with E-state index in [1.807, 2.05) is 23.1 Å². The molecule has 0 bridgehead atoms. The molecule has 5 nitrogen and oxygen atoms in total. The summed E-state index contributed by atoms with van der Waals surface area (Å²) in [6, 6.07) is 5.46. The fraction of sp³-hybridized carbons (Fsp3) is 0.588. The molecule has 2 aliphatic heterocycles. The average molecular weight is 304 g/mol. The van der Waals surface area contributed by atoms with Crippen molar-refractivity contribution < 1.29 is 14.3 Å². The fourth-order valence-corrected chi connectivity index (χ4v) is 3.63. The van der Waals surface area contributed by atoms with Gasteiger partial charge in [-0.15, -0.1) is 0 Å². The topological polar surface area (TPSA) is 50.8 Å². The van der Waals surface area contributed by atoms with Crippen molar-refractivity contribution >= 4 is 5.91 Å². The van der Waals surface area contributed by atoms with Crippen LogP contribution in [0.25, 0.3) is 0 Å². The minimum Gasteiger partial charge on any atom is -0.493 e. The minimum atomic E-state index is 0.0385. The first-order valence-electron chi connectivity index (χ1n) is 7.90. The number of nitrogens with zero attached hydrogens (tertiary/aromatic N) is 1. The number of carbonyl (C=O) groups excluding carboxylic acids is 1. The van der Waals surface area contributed by atoms with Crippen molar-refractivity contribution in [3.8, 4) is 11.5 Å². The van der Waals surface area contributed by atoms with Gasteiger partial charge in [0.15, 0.2) is 11.5 Å². The molecule has 22 heavy (non-hydrogen) atoms. The van der Waals surface area contributed by atoms with Crippen LogP contribution < -0.4 is 14.8 Å². The van der Waals surface area contributed by atoms with Crippen LogP contribution in [0.4, 0.5) is 0 Å². The molecular formula is C17H24N2O3. The predicted octanol–water partition coefficient (Wildman–Crippen LogP) is 1.92. The minimum absolute atomic E-state index is 0.0385. The van der Waals surface area contributed by atoms with Gasteiger partial charge in [0.2, 0.25) is 0 Å². The van der Waals surface area contributed by atoms with Gasteiger partial charge in [0.25, 0.3) is 5.91 Å². The molecule has 1 aromatic rings. The van der Waals surface area contributed by atoms with E-state index in [-0.39, 0.29) is 5.91 Å². The Balaban J connectivity index is 1.75. The standard InChI is InChI=1S/C17H24N2O3/c1-21-14-5-3-4-13(15(14)22-2)16(20)19-10-7-17(8-11-19)6-9-18-12-17/h3-5,18H,6-12H2,1-2H3. The Morgan fingerprint density at radius 3 is 2.55 bits per heavy atom. The zero-order chi connectivity index (χ0) is 15.6. The van der Waals surface area contributed by atoms with E-state index < -0.39 is 0 Å². The summed E-state index contributed by atoms with van der Waals surface area (Å²) >= 11 is 0. The molecule has 0 unspecified atom stereocenters. The molecule has 0 saturated carbocycles. The van der Waals surface area contributed by atoms with Gasteiger partial charge < -0.3 is 19.7 Å². The molecule has 2 heterocycles. The van der Waals surface area contributed by atoms with Gasteiger partial charge >= 0.3 is 0 Å². The number of amides is 1. The van der Waals surface area contributed by atoms with E-state index in [4.69, 9.17) is 9.47 Å². The summed E-state index contributed by atoms with van der Waals surface area (Å²) in [6.45, 7) is 3.84. The van der Waals surface area contributed by atoms with Crippen molar-refractivity contribution in [2.75, 3.05) is 40.4 Å². The first-order chi connectivity index (χ1) is 10.7. The van der Waals surface area contributed by atoms with Gasteiger partial charge in [0.1, 0.15) is 0 Å². The molecule has 1 aromatic carbocycles. The van der Waals surface area contributed by atoms with E-state index in [9.17, 15) is 4.79 Å². The summed E-state index contributed by atoms with van der Waals surface area (Å²) < 4.78 is 10.7. The van der Waals surface area contributed by atoms with Crippen LogP contribution in [-0.2, 0) is 0 Å². The molecule has 2 saturated heterocycles. The van der Waals surface area contributed by atoms with Gasteiger partial charge in [0, 0.05) is 19.6 Å². The zero-order valence-electron chi connectivity index (χ0n) is 13.4. The summed E-state index contributed by atoms with van der Waals surface area (Å²) in [6.07, 6.45) is 3.40. The number of hydrogen-bond donors (Lipinski definition) is 1. The van der Waals surface area contributed by atoms with E-state index in [0.717, 1.165) is 39.0 Å². The van der Waals surface area contributed by atoms with Crippen molar-refractivity contribution in [3.63, 3.8) is 0 Å². The highest BCUT2D eigenvalue weighted by Gasteiger charge is 2.38. The van der Waals surface area contributed by atoms with Crippen molar-refractivity contribution in [1.29, 1.82) is 0 Å². The third-order valence-electron chi connectivity index (χ3n) is 5.08. The van der Waals surface area contributed by atoms with E-state index in [1.54, 1.807) is 14.2 Å².